The molecule has 4 aromatic rings. The van der Waals surface area contributed by atoms with E-state index in [1.807, 2.05) is 6.07 Å². The molecule has 2 aromatic carbocycles. The number of aromatic nitrogens is 2. The van der Waals surface area contributed by atoms with Gasteiger partial charge in [-0.3, -0.25) is 0 Å². The molecule has 0 saturated carbocycles. The van der Waals surface area contributed by atoms with E-state index in [0.29, 0.717) is 0 Å². The Bertz CT molecular complexity index is 1020. The van der Waals surface area contributed by atoms with Crippen LogP contribution in [0.4, 0.5) is 0 Å². The van der Waals surface area contributed by atoms with Gasteiger partial charge in [-0.05, 0) is 36.6 Å². The van der Waals surface area contributed by atoms with Gasteiger partial charge in [-0.1, -0.05) is 54.1 Å². The van der Waals surface area contributed by atoms with Gasteiger partial charge in [0.05, 0.1) is 0 Å². The number of aryl methyl sites for hydroxylation is 2. The molecule has 4 rings (SSSR count). The first-order chi connectivity index (χ1) is 12.2. The van der Waals surface area contributed by atoms with E-state index < -0.39 is 0 Å². The van der Waals surface area contributed by atoms with Gasteiger partial charge in [0.1, 0.15) is 16.2 Å². The third-order valence-corrected chi connectivity index (χ3v) is 6.37. The molecule has 0 bridgehead atoms. The molecule has 0 spiro atoms. The van der Waals surface area contributed by atoms with Gasteiger partial charge in [-0.25, -0.2) is 9.97 Å². The number of hydrogen-bond acceptors (Lipinski definition) is 4. The van der Waals surface area contributed by atoms with E-state index in [-0.39, 0.29) is 0 Å². The van der Waals surface area contributed by atoms with Gasteiger partial charge in [0, 0.05) is 16.0 Å². The highest BCUT2D eigenvalue weighted by molar-refractivity contribution is 7.98. The second-order valence-corrected chi connectivity index (χ2v) is 8.09. The molecular formula is C21H18N2S2. The Balaban J connectivity index is 1.66. The van der Waals surface area contributed by atoms with Crippen molar-refractivity contribution in [3.63, 3.8) is 0 Å². The van der Waals surface area contributed by atoms with Crippen LogP contribution in [-0.2, 0) is 5.75 Å². The average Bonchev–Trinajstić information content (AvgIpc) is 3.08. The minimum Gasteiger partial charge on any atom is -0.229 e. The van der Waals surface area contributed by atoms with Gasteiger partial charge in [-0.2, -0.15) is 0 Å². The van der Waals surface area contributed by atoms with Crippen LogP contribution in [0.1, 0.15) is 16.7 Å². The fourth-order valence-corrected chi connectivity index (χ4v) is 4.90. The second kappa shape index (κ2) is 6.98. The van der Waals surface area contributed by atoms with Crippen LogP contribution in [0, 0.1) is 13.8 Å². The molecule has 0 amide bonds. The van der Waals surface area contributed by atoms with Crippen molar-refractivity contribution >= 4 is 33.3 Å². The van der Waals surface area contributed by atoms with Gasteiger partial charge in [0.25, 0.3) is 0 Å². The summed E-state index contributed by atoms with van der Waals surface area (Å²) >= 11 is 3.52. The van der Waals surface area contributed by atoms with Crippen molar-refractivity contribution in [2.75, 3.05) is 0 Å². The first-order valence-corrected chi connectivity index (χ1v) is 10.00. The summed E-state index contributed by atoms with van der Waals surface area (Å²) in [6.07, 6.45) is 1.68. The molecule has 2 heterocycles. The lowest BCUT2D eigenvalue weighted by Gasteiger charge is -2.07. The highest BCUT2D eigenvalue weighted by atomic mass is 32.2. The van der Waals surface area contributed by atoms with Gasteiger partial charge >= 0.3 is 0 Å². The molecule has 0 fully saturated rings. The molecule has 0 N–H and O–H groups in total. The van der Waals surface area contributed by atoms with Crippen LogP contribution in [0.25, 0.3) is 20.7 Å². The maximum Gasteiger partial charge on any atom is 0.128 e. The Hall–Kier alpha value is -2.17. The van der Waals surface area contributed by atoms with Crippen molar-refractivity contribution in [2.45, 2.75) is 24.6 Å². The summed E-state index contributed by atoms with van der Waals surface area (Å²) in [4.78, 5) is 11.3. The molecule has 2 aromatic heterocycles. The lowest BCUT2D eigenvalue weighted by Crippen LogP contribution is -1.89. The Morgan fingerprint density at radius 2 is 1.80 bits per heavy atom. The molecule has 0 saturated heterocycles. The maximum absolute atomic E-state index is 4.54. The third-order valence-electron chi connectivity index (χ3n) is 4.22. The molecule has 0 aliphatic carbocycles. The number of thiophene rings is 1. The smallest absolute Gasteiger partial charge is 0.128 e. The van der Waals surface area contributed by atoms with Crippen molar-refractivity contribution in [3.05, 3.63) is 77.6 Å². The predicted octanol–water partition coefficient (Wildman–Crippen LogP) is 6.27. The summed E-state index contributed by atoms with van der Waals surface area (Å²) < 4.78 is 0. The number of nitrogens with zero attached hydrogens (tertiary/aromatic N) is 2. The van der Waals surface area contributed by atoms with E-state index in [0.717, 1.165) is 21.0 Å². The maximum atomic E-state index is 4.54. The molecule has 0 atom stereocenters. The number of fused-ring (bicyclic) bond motifs is 1. The van der Waals surface area contributed by atoms with Crippen molar-refractivity contribution in [1.29, 1.82) is 0 Å². The van der Waals surface area contributed by atoms with E-state index in [2.05, 4.69) is 72.3 Å². The average molecular weight is 363 g/mol. The summed E-state index contributed by atoms with van der Waals surface area (Å²) in [7, 11) is 0. The van der Waals surface area contributed by atoms with E-state index in [9.17, 15) is 0 Å². The van der Waals surface area contributed by atoms with E-state index in [4.69, 9.17) is 0 Å². The van der Waals surface area contributed by atoms with Gasteiger partial charge in [-0.15, -0.1) is 23.1 Å². The van der Waals surface area contributed by atoms with E-state index in [1.54, 1.807) is 29.4 Å². The summed E-state index contributed by atoms with van der Waals surface area (Å²) in [6, 6.07) is 19.3. The molecule has 0 aliphatic rings. The third kappa shape index (κ3) is 3.46. The molecule has 124 valence electrons. The topological polar surface area (TPSA) is 25.8 Å². The van der Waals surface area contributed by atoms with Crippen LogP contribution in [0.3, 0.4) is 0 Å². The first kappa shape index (κ1) is 16.3. The van der Waals surface area contributed by atoms with E-state index >= 15 is 0 Å². The summed E-state index contributed by atoms with van der Waals surface area (Å²) in [5.74, 6) is 0.927. The quantitative estimate of drug-likeness (QED) is 0.316. The molecule has 0 unspecified atom stereocenters. The Morgan fingerprint density at radius 1 is 0.960 bits per heavy atom. The summed E-state index contributed by atoms with van der Waals surface area (Å²) in [6.45, 7) is 4.31. The van der Waals surface area contributed by atoms with E-state index in [1.165, 1.54) is 27.1 Å². The normalized spacial score (nSPS) is 11.1. The molecule has 2 nitrogen and oxygen atoms in total. The Labute approximate surface area is 156 Å². The minimum atomic E-state index is 0.927. The molecule has 0 aliphatic heterocycles. The van der Waals surface area contributed by atoms with Crippen LogP contribution in [0.5, 0.6) is 0 Å². The monoisotopic (exact) mass is 362 g/mol. The lowest BCUT2D eigenvalue weighted by molar-refractivity contribution is 1.11. The molecule has 0 radical (unpaired) electrons. The van der Waals surface area contributed by atoms with Crippen LogP contribution in [0.15, 0.2) is 66.0 Å². The van der Waals surface area contributed by atoms with Crippen LogP contribution in [-0.4, -0.2) is 9.97 Å². The van der Waals surface area contributed by atoms with Crippen molar-refractivity contribution in [3.8, 4) is 10.4 Å². The largest absolute Gasteiger partial charge is 0.229 e. The predicted molar refractivity (Wildman–Crippen MR) is 108 cm³/mol. The second-order valence-electron chi connectivity index (χ2n) is 6.09. The summed E-state index contributed by atoms with van der Waals surface area (Å²) in [5, 5.41) is 2.21. The Morgan fingerprint density at radius 3 is 2.64 bits per heavy atom. The number of hydrogen-bond donors (Lipinski definition) is 0. The van der Waals surface area contributed by atoms with Crippen LogP contribution in [0.2, 0.25) is 0 Å². The molecule has 4 heteroatoms. The van der Waals surface area contributed by atoms with Crippen molar-refractivity contribution < 1.29 is 0 Å². The lowest BCUT2D eigenvalue weighted by atomic mass is 10.1. The van der Waals surface area contributed by atoms with Crippen LogP contribution < -0.4 is 0 Å². The zero-order chi connectivity index (χ0) is 17.2. The van der Waals surface area contributed by atoms with Crippen molar-refractivity contribution in [1.82, 2.24) is 9.97 Å². The van der Waals surface area contributed by atoms with Crippen LogP contribution >= 0.6 is 23.1 Å². The van der Waals surface area contributed by atoms with Gasteiger partial charge < -0.3 is 0 Å². The first-order valence-electron chi connectivity index (χ1n) is 8.19. The highest BCUT2D eigenvalue weighted by Crippen LogP contribution is 2.37. The fraction of sp³-hybridized carbons (Fsp3) is 0.143. The van der Waals surface area contributed by atoms with Gasteiger partial charge in [0.2, 0.25) is 0 Å². The number of thioether (sulfide) groups is 1. The summed E-state index contributed by atoms with van der Waals surface area (Å²) in [5.41, 5.74) is 5.24. The Kier molecular flexibility index (Phi) is 4.55. The SMILES string of the molecule is Cc1ccc(C)c(CSc2ncnc3sc(-c4ccccc4)cc23)c1. The molecule has 25 heavy (non-hydrogen) atoms. The van der Waals surface area contributed by atoms with Gasteiger partial charge in [0.15, 0.2) is 0 Å². The number of benzene rings is 2. The van der Waals surface area contributed by atoms with Crippen molar-refractivity contribution in [2.24, 2.45) is 0 Å². The zero-order valence-corrected chi connectivity index (χ0v) is 15.8. The standard InChI is InChI=1S/C21H18N2S2/c1-14-8-9-15(2)17(10-14)12-24-20-18-11-19(16-6-4-3-5-7-16)25-21(18)23-13-22-20/h3-11,13H,12H2,1-2H3. The molecular weight excluding hydrogens is 344 g/mol. The fourth-order valence-electron chi connectivity index (χ4n) is 2.80. The number of rotatable bonds is 4. The highest BCUT2D eigenvalue weighted by Gasteiger charge is 2.11. The minimum absolute atomic E-state index is 0.927. The zero-order valence-electron chi connectivity index (χ0n) is 14.2.